The van der Waals surface area contributed by atoms with Crippen molar-refractivity contribution in [2.45, 2.75) is 39.0 Å². The van der Waals surface area contributed by atoms with Crippen molar-refractivity contribution in [3.63, 3.8) is 0 Å². The lowest BCUT2D eigenvalue weighted by molar-refractivity contribution is 0.0982. The maximum atomic E-state index is 11.8. The van der Waals surface area contributed by atoms with Crippen molar-refractivity contribution < 1.29 is 9.90 Å². The van der Waals surface area contributed by atoms with Crippen molar-refractivity contribution in [3.05, 3.63) is 29.3 Å². The molecule has 3 nitrogen and oxygen atoms in total. The SMILES string of the molecule is CCC(C)(C)c1ccc(O)c(C(=O)CCN)c1. The topological polar surface area (TPSA) is 63.3 Å². The maximum Gasteiger partial charge on any atom is 0.167 e. The van der Waals surface area contributed by atoms with E-state index in [4.69, 9.17) is 5.73 Å². The number of rotatable bonds is 5. The Labute approximate surface area is 103 Å². The molecule has 0 amide bonds. The molecular formula is C14H21NO2. The molecule has 0 saturated carbocycles. The van der Waals surface area contributed by atoms with Crippen molar-refractivity contribution in [2.75, 3.05) is 6.54 Å². The number of hydrogen-bond donors (Lipinski definition) is 2. The summed E-state index contributed by atoms with van der Waals surface area (Å²) >= 11 is 0. The van der Waals surface area contributed by atoms with Gasteiger partial charge in [0, 0.05) is 6.42 Å². The number of phenols is 1. The molecule has 0 atom stereocenters. The van der Waals surface area contributed by atoms with Crippen molar-refractivity contribution in [1.82, 2.24) is 0 Å². The molecule has 94 valence electrons. The van der Waals surface area contributed by atoms with Gasteiger partial charge in [-0.2, -0.15) is 0 Å². The van der Waals surface area contributed by atoms with Gasteiger partial charge in [-0.15, -0.1) is 0 Å². The number of hydrogen-bond acceptors (Lipinski definition) is 3. The second-order valence-corrected chi connectivity index (χ2v) is 4.93. The van der Waals surface area contributed by atoms with Gasteiger partial charge < -0.3 is 10.8 Å². The van der Waals surface area contributed by atoms with Gasteiger partial charge in [0.25, 0.3) is 0 Å². The monoisotopic (exact) mass is 235 g/mol. The number of phenolic OH excluding ortho intramolecular Hbond substituents is 1. The summed E-state index contributed by atoms with van der Waals surface area (Å²) in [6.07, 6.45) is 1.24. The standard InChI is InChI=1S/C14H21NO2/c1-4-14(2,3)10-5-6-12(16)11(9-10)13(17)7-8-15/h5-6,9,16H,4,7-8,15H2,1-3H3. The fraction of sp³-hybridized carbons (Fsp3) is 0.500. The van der Waals surface area contributed by atoms with Gasteiger partial charge in [0.2, 0.25) is 0 Å². The van der Waals surface area contributed by atoms with Gasteiger partial charge in [-0.25, -0.2) is 0 Å². The summed E-state index contributed by atoms with van der Waals surface area (Å²) < 4.78 is 0. The minimum absolute atomic E-state index is 0.00540. The van der Waals surface area contributed by atoms with Crippen LogP contribution in [0.2, 0.25) is 0 Å². The third kappa shape index (κ3) is 3.07. The molecule has 1 rings (SSSR count). The molecule has 0 aromatic heterocycles. The predicted molar refractivity (Wildman–Crippen MR) is 69.4 cm³/mol. The number of aromatic hydroxyl groups is 1. The van der Waals surface area contributed by atoms with Crippen LogP contribution in [-0.4, -0.2) is 17.4 Å². The fourth-order valence-corrected chi connectivity index (χ4v) is 1.65. The average Bonchev–Trinajstić information content (AvgIpc) is 2.29. The lowest BCUT2D eigenvalue weighted by atomic mass is 9.81. The summed E-state index contributed by atoms with van der Waals surface area (Å²) in [7, 11) is 0. The van der Waals surface area contributed by atoms with Crippen LogP contribution < -0.4 is 5.73 Å². The zero-order valence-electron chi connectivity index (χ0n) is 10.8. The van der Waals surface area contributed by atoms with Gasteiger partial charge in [-0.3, -0.25) is 4.79 Å². The van der Waals surface area contributed by atoms with Crippen LogP contribution in [0.3, 0.4) is 0 Å². The van der Waals surface area contributed by atoms with Crippen molar-refractivity contribution in [2.24, 2.45) is 5.73 Å². The van der Waals surface area contributed by atoms with Crippen LogP contribution in [0, 0.1) is 0 Å². The fourth-order valence-electron chi connectivity index (χ4n) is 1.65. The van der Waals surface area contributed by atoms with Crippen LogP contribution in [0.4, 0.5) is 0 Å². The molecule has 0 radical (unpaired) electrons. The zero-order chi connectivity index (χ0) is 13.1. The van der Waals surface area contributed by atoms with Crippen LogP contribution >= 0.6 is 0 Å². The molecule has 0 aliphatic carbocycles. The van der Waals surface area contributed by atoms with Gasteiger partial charge in [0.1, 0.15) is 5.75 Å². The molecule has 0 spiro atoms. The Hall–Kier alpha value is -1.35. The first kappa shape index (κ1) is 13.7. The first-order chi connectivity index (χ1) is 7.92. The minimum Gasteiger partial charge on any atom is -0.507 e. The van der Waals surface area contributed by atoms with E-state index in [0.717, 1.165) is 12.0 Å². The molecule has 0 bridgehead atoms. The van der Waals surface area contributed by atoms with Crippen LogP contribution in [0.25, 0.3) is 0 Å². The first-order valence-corrected chi connectivity index (χ1v) is 5.99. The van der Waals surface area contributed by atoms with E-state index in [-0.39, 0.29) is 23.4 Å². The number of nitrogens with two attached hydrogens (primary N) is 1. The van der Waals surface area contributed by atoms with Crippen LogP contribution in [0.15, 0.2) is 18.2 Å². The summed E-state index contributed by atoms with van der Waals surface area (Å²) in [6.45, 7) is 6.65. The van der Waals surface area contributed by atoms with Gasteiger partial charge in [-0.1, -0.05) is 26.8 Å². The average molecular weight is 235 g/mol. The lowest BCUT2D eigenvalue weighted by Crippen LogP contribution is -2.16. The first-order valence-electron chi connectivity index (χ1n) is 5.99. The Balaban J connectivity index is 3.15. The third-order valence-electron chi connectivity index (χ3n) is 3.33. The van der Waals surface area contributed by atoms with E-state index in [2.05, 4.69) is 20.8 Å². The Bertz CT molecular complexity index is 411. The minimum atomic E-state index is -0.0984. The van der Waals surface area contributed by atoms with Gasteiger partial charge in [0.05, 0.1) is 5.56 Å². The predicted octanol–water partition coefficient (Wildman–Crippen LogP) is 2.61. The molecule has 1 aromatic rings. The molecule has 0 heterocycles. The van der Waals surface area contributed by atoms with E-state index in [1.807, 2.05) is 6.07 Å². The van der Waals surface area contributed by atoms with Gasteiger partial charge in [-0.05, 0) is 36.1 Å². The molecule has 17 heavy (non-hydrogen) atoms. The summed E-state index contributed by atoms with van der Waals surface area (Å²) in [4.78, 5) is 11.8. The highest BCUT2D eigenvalue weighted by atomic mass is 16.3. The van der Waals surface area contributed by atoms with E-state index in [1.54, 1.807) is 12.1 Å². The Morgan fingerprint density at radius 2 is 2.06 bits per heavy atom. The quantitative estimate of drug-likeness (QED) is 0.771. The summed E-state index contributed by atoms with van der Waals surface area (Å²) in [6, 6.07) is 5.26. The number of carbonyl (C=O) groups is 1. The van der Waals surface area contributed by atoms with E-state index in [0.29, 0.717) is 12.1 Å². The highest BCUT2D eigenvalue weighted by Gasteiger charge is 2.20. The second kappa shape index (κ2) is 5.32. The Morgan fingerprint density at radius 3 is 2.59 bits per heavy atom. The Kier molecular flexibility index (Phi) is 4.29. The lowest BCUT2D eigenvalue weighted by Gasteiger charge is -2.24. The van der Waals surface area contributed by atoms with E-state index < -0.39 is 0 Å². The van der Waals surface area contributed by atoms with Gasteiger partial charge in [0.15, 0.2) is 5.78 Å². The molecule has 3 N–H and O–H groups in total. The van der Waals surface area contributed by atoms with Crippen molar-refractivity contribution in [1.29, 1.82) is 0 Å². The molecule has 0 saturated heterocycles. The molecule has 1 aromatic carbocycles. The maximum absolute atomic E-state index is 11.8. The molecule has 0 fully saturated rings. The van der Waals surface area contributed by atoms with E-state index in [1.165, 1.54) is 0 Å². The highest BCUT2D eigenvalue weighted by molar-refractivity contribution is 5.98. The highest BCUT2D eigenvalue weighted by Crippen LogP contribution is 2.30. The smallest absolute Gasteiger partial charge is 0.167 e. The van der Waals surface area contributed by atoms with Crippen LogP contribution in [0.5, 0.6) is 5.75 Å². The molecule has 3 heteroatoms. The van der Waals surface area contributed by atoms with Crippen molar-refractivity contribution in [3.8, 4) is 5.75 Å². The van der Waals surface area contributed by atoms with Crippen LogP contribution in [-0.2, 0) is 5.41 Å². The number of benzene rings is 1. The zero-order valence-corrected chi connectivity index (χ0v) is 10.8. The Morgan fingerprint density at radius 1 is 1.41 bits per heavy atom. The molecule has 0 aliphatic heterocycles. The summed E-state index contributed by atoms with van der Waals surface area (Å²) in [5.74, 6) is -0.0575. The molecule has 0 unspecified atom stereocenters. The largest absolute Gasteiger partial charge is 0.507 e. The molecular weight excluding hydrogens is 214 g/mol. The van der Waals surface area contributed by atoms with Crippen molar-refractivity contribution >= 4 is 5.78 Å². The third-order valence-corrected chi connectivity index (χ3v) is 3.33. The molecule has 0 aliphatic rings. The van der Waals surface area contributed by atoms with Crippen LogP contribution in [0.1, 0.15) is 49.5 Å². The van der Waals surface area contributed by atoms with Gasteiger partial charge >= 0.3 is 0 Å². The van der Waals surface area contributed by atoms with E-state index >= 15 is 0 Å². The normalized spacial score (nSPS) is 11.5. The number of ketones is 1. The summed E-state index contributed by atoms with van der Waals surface area (Å²) in [5.41, 5.74) is 6.82. The number of carbonyl (C=O) groups excluding carboxylic acids is 1. The summed E-state index contributed by atoms with van der Waals surface area (Å²) in [5, 5.41) is 9.71. The number of Topliss-reactive ketones (excluding diaryl/α,β-unsaturated/α-hetero) is 1. The van der Waals surface area contributed by atoms with E-state index in [9.17, 15) is 9.90 Å². The second-order valence-electron chi connectivity index (χ2n) is 4.93.